The van der Waals surface area contributed by atoms with Crippen LogP contribution in [-0.2, 0) is 7.05 Å². The molecule has 0 bridgehead atoms. The fraction of sp³-hybridized carbons (Fsp3) is 0.364. The molecular formula is C11H12N4O. The highest BCUT2D eigenvalue weighted by Crippen LogP contribution is 2.02. The SMILES string of the molecule is Cn1ccc(C(=O)CN(CC#N)CC#N)c1. The van der Waals surface area contributed by atoms with Crippen molar-refractivity contribution in [2.24, 2.45) is 7.05 Å². The van der Waals surface area contributed by atoms with E-state index >= 15 is 0 Å². The van der Waals surface area contributed by atoms with Gasteiger partial charge in [-0.25, -0.2) is 0 Å². The number of hydrogen-bond acceptors (Lipinski definition) is 4. The number of hydrogen-bond donors (Lipinski definition) is 0. The highest BCUT2D eigenvalue weighted by molar-refractivity contribution is 5.97. The maximum Gasteiger partial charge on any atom is 0.178 e. The first-order valence-electron chi connectivity index (χ1n) is 4.78. The third kappa shape index (κ3) is 3.23. The minimum Gasteiger partial charge on any atom is -0.357 e. The van der Waals surface area contributed by atoms with Crippen LogP contribution in [0.3, 0.4) is 0 Å². The Kier molecular flexibility index (Phi) is 4.26. The Morgan fingerprint density at radius 3 is 2.50 bits per heavy atom. The second kappa shape index (κ2) is 5.69. The molecule has 0 spiro atoms. The first-order chi connectivity index (χ1) is 7.67. The summed E-state index contributed by atoms with van der Waals surface area (Å²) in [5.74, 6) is -0.0777. The molecule has 1 aromatic heterocycles. The van der Waals surface area contributed by atoms with Crippen LogP contribution in [-0.4, -0.2) is 34.9 Å². The van der Waals surface area contributed by atoms with Crippen LogP contribution in [0.1, 0.15) is 10.4 Å². The Balaban J connectivity index is 2.62. The smallest absolute Gasteiger partial charge is 0.178 e. The number of nitriles is 2. The second-order valence-corrected chi connectivity index (χ2v) is 3.45. The third-order valence-electron chi connectivity index (χ3n) is 2.11. The Hall–Kier alpha value is -2.11. The number of Topliss-reactive ketones (excluding diaryl/α,β-unsaturated/α-hetero) is 1. The normalized spacial score (nSPS) is 9.75. The summed E-state index contributed by atoms with van der Waals surface area (Å²) in [4.78, 5) is 13.3. The number of nitrogens with zero attached hydrogens (tertiary/aromatic N) is 4. The fourth-order valence-corrected chi connectivity index (χ4v) is 1.33. The van der Waals surface area contributed by atoms with E-state index in [9.17, 15) is 4.79 Å². The highest BCUT2D eigenvalue weighted by atomic mass is 16.1. The summed E-state index contributed by atoms with van der Waals surface area (Å²) in [7, 11) is 1.83. The zero-order chi connectivity index (χ0) is 12.0. The summed E-state index contributed by atoms with van der Waals surface area (Å²) in [5, 5.41) is 17.1. The number of rotatable bonds is 5. The quantitative estimate of drug-likeness (QED) is 0.532. The first kappa shape index (κ1) is 12.0. The van der Waals surface area contributed by atoms with E-state index in [1.807, 2.05) is 19.2 Å². The van der Waals surface area contributed by atoms with Gasteiger partial charge in [-0.3, -0.25) is 9.69 Å². The van der Waals surface area contributed by atoms with Gasteiger partial charge in [-0.05, 0) is 6.07 Å². The lowest BCUT2D eigenvalue weighted by Crippen LogP contribution is -2.30. The van der Waals surface area contributed by atoms with Crippen molar-refractivity contribution in [1.82, 2.24) is 9.47 Å². The Bertz CT molecular complexity index is 433. The van der Waals surface area contributed by atoms with Gasteiger partial charge in [0.15, 0.2) is 5.78 Å². The maximum absolute atomic E-state index is 11.7. The minimum absolute atomic E-state index is 0.0777. The van der Waals surface area contributed by atoms with Crippen molar-refractivity contribution in [2.45, 2.75) is 0 Å². The summed E-state index contributed by atoms with van der Waals surface area (Å²) in [5.41, 5.74) is 0.600. The fourth-order valence-electron chi connectivity index (χ4n) is 1.33. The van der Waals surface area contributed by atoms with Crippen molar-refractivity contribution < 1.29 is 4.79 Å². The second-order valence-electron chi connectivity index (χ2n) is 3.45. The number of aryl methyl sites for hydroxylation is 1. The van der Waals surface area contributed by atoms with Crippen molar-refractivity contribution in [3.05, 3.63) is 24.0 Å². The molecular weight excluding hydrogens is 204 g/mol. The van der Waals surface area contributed by atoms with Crippen LogP contribution < -0.4 is 0 Å². The van der Waals surface area contributed by atoms with Crippen molar-refractivity contribution in [3.63, 3.8) is 0 Å². The average Bonchev–Trinajstić information content (AvgIpc) is 2.65. The molecule has 1 aromatic rings. The molecule has 0 fully saturated rings. The van der Waals surface area contributed by atoms with Crippen LogP contribution in [0, 0.1) is 22.7 Å². The van der Waals surface area contributed by atoms with E-state index in [2.05, 4.69) is 0 Å². The number of ketones is 1. The van der Waals surface area contributed by atoms with Crippen LogP contribution in [0.25, 0.3) is 0 Å². The van der Waals surface area contributed by atoms with Crippen molar-refractivity contribution in [1.29, 1.82) is 10.5 Å². The molecule has 0 unspecified atom stereocenters. The molecule has 1 rings (SSSR count). The lowest BCUT2D eigenvalue weighted by Gasteiger charge is -2.12. The molecule has 0 aromatic carbocycles. The summed E-state index contributed by atoms with van der Waals surface area (Å²) < 4.78 is 1.78. The number of aromatic nitrogens is 1. The van der Waals surface area contributed by atoms with Crippen LogP contribution in [0.5, 0.6) is 0 Å². The Labute approximate surface area is 94.1 Å². The topological polar surface area (TPSA) is 72.8 Å². The summed E-state index contributed by atoms with van der Waals surface area (Å²) >= 11 is 0. The van der Waals surface area contributed by atoms with E-state index in [4.69, 9.17) is 10.5 Å². The van der Waals surface area contributed by atoms with E-state index in [1.165, 1.54) is 4.90 Å². The molecule has 1 heterocycles. The monoisotopic (exact) mass is 216 g/mol. The predicted molar refractivity (Wildman–Crippen MR) is 57.4 cm³/mol. The van der Waals surface area contributed by atoms with Gasteiger partial charge in [-0.1, -0.05) is 0 Å². The molecule has 5 heteroatoms. The van der Waals surface area contributed by atoms with Crippen LogP contribution in [0.15, 0.2) is 18.5 Å². The van der Waals surface area contributed by atoms with E-state index in [0.717, 1.165) is 0 Å². The van der Waals surface area contributed by atoms with Crippen molar-refractivity contribution in [2.75, 3.05) is 19.6 Å². The molecule has 0 aliphatic rings. The Morgan fingerprint density at radius 1 is 1.44 bits per heavy atom. The van der Waals surface area contributed by atoms with E-state index < -0.39 is 0 Å². The lowest BCUT2D eigenvalue weighted by molar-refractivity contribution is 0.0946. The zero-order valence-corrected chi connectivity index (χ0v) is 9.05. The van der Waals surface area contributed by atoms with Crippen LogP contribution >= 0.6 is 0 Å². The average molecular weight is 216 g/mol. The highest BCUT2D eigenvalue weighted by Gasteiger charge is 2.12. The molecule has 0 amide bonds. The van der Waals surface area contributed by atoms with Gasteiger partial charge in [0.1, 0.15) is 0 Å². The Morgan fingerprint density at radius 2 is 2.06 bits per heavy atom. The molecule has 0 N–H and O–H groups in total. The first-order valence-corrected chi connectivity index (χ1v) is 4.78. The van der Waals surface area contributed by atoms with Gasteiger partial charge in [0.2, 0.25) is 0 Å². The molecule has 0 saturated heterocycles. The van der Waals surface area contributed by atoms with Crippen LogP contribution in [0.4, 0.5) is 0 Å². The van der Waals surface area contributed by atoms with Gasteiger partial charge in [0.05, 0.1) is 31.8 Å². The summed E-state index contributed by atoms with van der Waals surface area (Å²) in [6.45, 7) is 0.281. The molecule has 5 nitrogen and oxygen atoms in total. The molecule has 16 heavy (non-hydrogen) atoms. The molecule has 0 aliphatic carbocycles. The van der Waals surface area contributed by atoms with Gasteiger partial charge in [-0.2, -0.15) is 10.5 Å². The molecule has 82 valence electrons. The standard InChI is InChI=1S/C11H12N4O/c1-14-5-2-10(8-14)11(16)9-15(6-3-12)7-4-13/h2,5,8H,6-7,9H2,1H3. The third-order valence-corrected chi connectivity index (χ3v) is 2.11. The van der Waals surface area contributed by atoms with Crippen molar-refractivity contribution >= 4 is 5.78 Å². The lowest BCUT2D eigenvalue weighted by atomic mass is 10.2. The maximum atomic E-state index is 11.7. The minimum atomic E-state index is -0.0777. The number of carbonyl (C=O) groups excluding carboxylic acids is 1. The summed E-state index contributed by atoms with van der Waals surface area (Å²) in [6, 6.07) is 5.59. The molecule has 0 saturated carbocycles. The molecule has 0 radical (unpaired) electrons. The zero-order valence-electron chi connectivity index (χ0n) is 9.05. The number of carbonyl (C=O) groups is 1. The van der Waals surface area contributed by atoms with E-state index in [0.29, 0.717) is 5.56 Å². The molecule has 0 aliphatic heterocycles. The van der Waals surface area contributed by atoms with Gasteiger partial charge < -0.3 is 4.57 Å². The van der Waals surface area contributed by atoms with Crippen molar-refractivity contribution in [3.8, 4) is 12.1 Å². The van der Waals surface area contributed by atoms with Gasteiger partial charge in [0.25, 0.3) is 0 Å². The predicted octanol–water partition coefficient (Wildman–Crippen LogP) is 0.557. The van der Waals surface area contributed by atoms with Crippen LogP contribution in [0.2, 0.25) is 0 Å². The van der Waals surface area contributed by atoms with Gasteiger partial charge in [0, 0.05) is 25.0 Å². The largest absolute Gasteiger partial charge is 0.357 e. The van der Waals surface area contributed by atoms with E-state index in [1.54, 1.807) is 23.0 Å². The summed E-state index contributed by atoms with van der Waals surface area (Å²) in [6.07, 6.45) is 3.51. The van der Waals surface area contributed by atoms with Gasteiger partial charge in [-0.15, -0.1) is 0 Å². The molecule has 0 atom stereocenters. The van der Waals surface area contributed by atoms with E-state index in [-0.39, 0.29) is 25.4 Å². The van der Waals surface area contributed by atoms with Gasteiger partial charge >= 0.3 is 0 Å².